The second kappa shape index (κ2) is 12.4. The molecule has 0 aliphatic carbocycles. The number of ether oxygens (including phenoxy) is 1. The summed E-state index contributed by atoms with van der Waals surface area (Å²) in [6.07, 6.45) is 2.19. The maximum Gasteiger partial charge on any atom is 0.244 e. The molecule has 0 saturated carbocycles. The molecule has 8 nitrogen and oxygen atoms in total. The third-order valence-electron chi connectivity index (χ3n) is 5.60. The maximum atomic E-state index is 13.6. The Hall–Kier alpha value is -3.07. The quantitative estimate of drug-likeness (QED) is 0.494. The SMILES string of the molecule is CCC(C)NC(=O)C(CC)N(Cc1ccccc1)C(=O)CN(c1cccc(OC)c1)S(C)(=O)=O. The molecule has 0 fully saturated rings. The van der Waals surface area contributed by atoms with Crippen molar-refractivity contribution in [3.63, 3.8) is 0 Å². The first-order valence-corrected chi connectivity index (χ1v) is 13.2. The molecule has 34 heavy (non-hydrogen) atoms. The molecule has 0 heterocycles. The Bertz CT molecular complexity index is 1060. The molecular weight excluding hydrogens is 454 g/mol. The number of methoxy groups -OCH3 is 1. The number of rotatable bonds is 12. The Morgan fingerprint density at radius 2 is 1.71 bits per heavy atom. The van der Waals surface area contributed by atoms with Crippen molar-refractivity contribution < 1.29 is 22.7 Å². The second-order valence-electron chi connectivity index (χ2n) is 8.22. The highest BCUT2D eigenvalue weighted by Crippen LogP contribution is 2.24. The lowest BCUT2D eigenvalue weighted by molar-refractivity contribution is -0.140. The van der Waals surface area contributed by atoms with Crippen molar-refractivity contribution in [1.29, 1.82) is 0 Å². The van der Waals surface area contributed by atoms with E-state index in [1.165, 1.54) is 12.0 Å². The Kier molecular flexibility index (Phi) is 9.92. The number of hydrogen-bond acceptors (Lipinski definition) is 5. The predicted molar refractivity (Wildman–Crippen MR) is 134 cm³/mol. The van der Waals surface area contributed by atoms with Crippen LogP contribution in [-0.2, 0) is 26.2 Å². The van der Waals surface area contributed by atoms with Crippen molar-refractivity contribution in [2.24, 2.45) is 0 Å². The van der Waals surface area contributed by atoms with Gasteiger partial charge in [-0.05, 0) is 37.5 Å². The van der Waals surface area contributed by atoms with Gasteiger partial charge in [0.15, 0.2) is 0 Å². The predicted octanol–water partition coefficient (Wildman–Crippen LogP) is 3.18. The molecule has 0 aliphatic rings. The van der Waals surface area contributed by atoms with Gasteiger partial charge in [-0.1, -0.05) is 50.2 Å². The van der Waals surface area contributed by atoms with Crippen LogP contribution in [0, 0.1) is 0 Å². The summed E-state index contributed by atoms with van der Waals surface area (Å²) in [7, 11) is -2.31. The van der Waals surface area contributed by atoms with Crippen molar-refractivity contribution in [2.45, 2.75) is 52.2 Å². The minimum Gasteiger partial charge on any atom is -0.497 e. The van der Waals surface area contributed by atoms with Crippen LogP contribution in [0.2, 0.25) is 0 Å². The molecule has 0 bridgehead atoms. The monoisotopic (exact) mass is 489 g/mol. The number of nitrogens with one attached hydrogen (secondary N) is 1. The fraction of sp³-hybridized carbons (Fsp3) is 0.440. The maximum absolute atomic E-state index is 13.6. The first-order valence-electron chi connectivity index (χ1n) is 11.4. The zero-order chi connectivity index (χ0) is 25.3. The summed E-state index contributed by atoms with van der Waals surface area (Å²) in [6.45, 7) is 5.45. The van der Waals surface area contributed by atoms with Gasteiger partial charge in [-0.2, -0.15) is 0 Å². The average Bonchev–Trinajstić information content (AvgIpc) is 2.82. The van der Waals surface area contributed by atoms with Crippen molar-refractivity contribution in [1.82, 2.24) is 10.2 Å². The van der Waals surface area contributed by atoms with E-state index in [0.29, 0.717) is 17.9 Å². The highest BCUT2D eigenvalue weighted by molar-refractivity contribution is 7.92. The van der Waals surface area contributed by atoms with Gasteiger partial charge in [0.1, 0.15) is 18.3 Å². The van der Waals surface area contributed by atoms with Crippen molar-refractivity contribution in [2.75, 3.05) is 24.2 Å². The van der Waals surface area contributed by atoms with E-state index in [4.69, 9.17) is 4.74 Å². The van der Waals surface area contributed by atoms with Crippen LogP contribution < -0.4 is 14.4 Å². The second-order valence-corrected chi connectivity index (χ2v) is 10.1. The zero-order valence-electron chi connectivity index (χ0n) is 20.5. The lowest BCUT2D eigenvalue weighted by Crippen LogP contribution is -2.53. The van der Waals surface area contributed by atoms with Gasteiger partial charge in [-0.3, -0.25) is 13.9 Å². The number of carbonyl (C=O) groups excluding carboxylic acids is 2. The van der Waals surface area contributed by atoms with E-state index in [1.807, 2.05) is 51.1 Å². The Labute approximate surface area is 202 Å². The van der Waals surface area contributed by atoms with E-state index in [0.717, 1.165) is 22.5 Å². The third-order valence-corrected chi connectivity index (χ3v) is 6.74. The van der Waals surface area contributed by atoms with Crippen LogP contribution in [0.15, 0.2) is 54.6 Å². The first-order chi connectivity index (χ1) is 16.1. The van der Waals surface area contributed by atoms with E-state index in [9.17, 15) is 18.0 Å². The molecule has 2 amide bonds. The summed E-state index contributed by atoms with van der Waals surface area (Å²) < 4.78 is 31.5. The minimum atomic E-state index is -3.79. The number of sulfonamides is 1. The molecule has 2 rings (SSSR count). The number of hydrogen-bond donors (Lipinski definition) is 1. The highest BCUT2D eigenvalue weighted by atomic mass is 32.2. The number of benzene rings is 2. The van der Waals surface area contributed by atoms with Gasteiger partial charge >= 0.3 is 0 Å². The number of amides is 2. The summed E-state index contributed by atoms with van der Waals surface area (Å²) in [6, 6.07) is 15.1. The van der Waals surface area contributed by atoms with E-state index >= 15 is 0 Å². The fourth-order valence-electron chi connectivity index (χ4n) is 3.52. The van der Waals surface area contributed by atoms with Crippen LogP contribution >= 0.6 is 0 Å². The molecule has 2 aromatic rings. The van der Waals surface area contributed by atoms with E-state index in [1.54, 1.807) is 24.3 Å². The van der Waals surface area contributed by atoms with Gasteiger partial charge in [0.2, 0.25) is 21.8 Å². The molecule has 0 radical (unpaired) electrons. The van der Waals surface area contributed by atoms with Crippen molar-refractivity contribution in [3.05, 3.63) is 60.2 Å². The lowest BCUT2D eigenvalue weighted by atomic mass is 10.1. The standard InChI is InChI=1S/C25H35N3O5S/c1-6-19(3)26-25(30)23(7-2)27(17-20-12-9-8-10-13-20)24(29)18-28(34(5,31)32)21-14-11-15-22(16-21)33-4/h8-16,19,23H,6-7,17-18H2,1-5H3,(H,26,30). The average molecular weight is 490 g/mol. The Balaban J connectivity index is 2.42. The van der Waals surface area contributed by atoms with Crippen molar-refractivity contribution in [3.8, 4) is 5.75 Å². The van der Waals surface area contributed by atoms with Crippen LogP contribution in [0.3, 0.4) is 0 Å². The van der Waals surface area contributed by atoms with E-state index in [2.05, 4.69) is 5.32 Å². The van der Waals surface area contributed by atoms with Crippen LogP contribution in [0.5, 0.6) is 5.75 Å². The Morgan fingerprint density at radius 3 is 2.26 bits per heavy atom. The molecule has 186 valence electrons. The molecule has 0 aliphatic heterocycles. The molecule has 0 spiro atoms. The molecule has 9 heteroatoms. The smallest absolute Gasteiger partial charge is 0.244 e. The summed E-state index contributed by atoms with van der Waals surface area (Å²) in [5.74, 6) is -0.254. The van der Waals surface area contributed by atoms with Gasteiger partial charge in [-0.25, -0.2) is 8.42 Å². The summed E-state index contributed by atoms with van der Waals surface area (Å²) in [5, 5.41) is 2.95. The third kappa shape index (κ3) is 7.48. The number of nitrogens with zero attached hydrogens (tertiary/aromatic N) is 2. The summed E-state index contributed by atoms with van der Waals surface area (Å²) in [4.78, 5) is 28.1. The van der Waals surface area contributed by atoms with E-state index in [-0.39, 0.29) is 18.5 Å². The molecule has 2 aromatic carbocycles. The van der Waals surface area contributed by atoms with Gasteiger partial charge in [0, 0.05) is 18.7 Å². The zero-order valence-corrected chi connectivity index (χ0v) is 21.3. The fourth-order valence-corrected chi connectivity index (χ4v) is 4.36. The van der Waals surface area contributed by atoms with Crippen molar-refractivity contribution >= 4 is 27.5 Å². The molecule has 0 aromatic heterocycles. The highest BCUT2D eigenvalue weighted by Gasteiger charge is 2.32. The van der Waals surface area contributed by atoms with Gasteiger partial charge in [0.25, 0.3) is 0 Å². The Morgan fingerprint density at radius 1 is 1.03 bits per heavy atom. The molecule has 2 unspecified atom stereocenters. The van der Waals surface area contributed by atoms with Crippen LogP contribution in [0.25, 0.3) is 0 Å². The van der Waals surface area contributed by atoms with Gasteiger partial charge in [0.05, 0.1) is 19.1 Å². The van der Waals surface area contributed by atoms with E-state index < -0.39 is 28.5 Å². The number of anilines is 1. The van der Waals surface area contributed by atoms with Crippen LogP contribution in [0.1, 0.15) is 39.2 Å². The molecular formula is C25H35N3O5S. The number of carbonyl (C=O) groups is 2. The van der Waals surface area contributed by atoms with Gasteiger partial charge < -0.3 is 15.0 Å². The largest absolute Gasteiger partial charge is 0.497 e. The van der Waals surface area contributed by atoms with Gasteiger partial charge in [-0.15, -0.1) is 0 Å². The summed E-state index contributed by atoms with van der Waals surface area (Å²) >= 11 is 0. The normalized spacial score (nSPS) is 13.0. The minimum absolute atomic E-state index is 0.0421. The first kappa shape index (κ1) is 27.2. The summed E-state index contributed by atoms with van der Waals surface area (Å²) in [5.41, 5.74) is 1.16. The lowest BCUT2D eigenvalue weighted by Gasteiger charge is -2.33. The molecule has 0 saturated heterocycles. The molecule has 1 N–H and O–H groups in total. The van der Waals surface area contributed by atoms with Crippen LogP contribution in [-0.4, -0.2) is 57.1 Å². The molecule has 2 atom stereocenters. The van der Waals surface area contributed by atoms with Crippen LogP contribution in [0.4, 0.5) is 5.69 Å². The topological polar surface area (TPSA) is 96.0 Å².